The number of ether oxygens (including phenoxy) is 1. The van der Waals surface area contributed by atoms with E-state index in [1.54, 1.807) is 12.1 Å². The van der Waals surface area contributed by atoms with Gasteiger partial charge in [-0.25, -0.2) is 4.79 Å². The second-order valence-electron chi connectivity index (χ2n) is 8.91. The van der Waals surface area contributed by atoms with Crippen LogP contribution in [0.25, 0.3) is 0 Å². The lowest BCUT2D eigenvalue weighted by Crippen LogP contribution is -2.44. The smallest absolute Gasteiger partial charge is 0.411 e. The summed E-state index contributed by atoms with van der Waals surface area (Å²) < 4.78 is 5.74. The number of nitrogens with one attached hydrogen (secondary N) is 1. The van der Waals surface area contributed by atoms with Crippen LogP contribution < -0.4 is 5.32 Å². The molecule has 1 amide bonds. The van der Waals surface area contributed by atoms with Crippen LogP contribution in [-0.4, -0.2) is 33.6 Å². The molecule has 4 rings (SSSR count). The van der Waals surface area contributed by atoms with E-state index in [0.29, 0.717) is 5.69 Å². The zero-order chi connectivity index (χ0) is 22.9. The summed E-state index contributed by atoms with van der Waals surface area (Å²) in [5.74, 6) is 0. The minimum atomic E-state index is -0.633. The molecule has 8 heteroatoms. The van der Waals surface area contributed by atoms with Crippen LogP contribution in [0.3, 0.4) is 0 Å². The number of amides is 1. The number of carbonyl (C=O) groups excluding carboxylic acids is 1. The van der Waals surface area contributed by atoms with Crippen LogP contribution in [0.5, 0.6) is 0 Å². The summed E-state index contributed by atoms with van der Waals surface area (Å²) in [7, 11) is 0. The number of carbonyl (C=O) groups is 1. The molecule has 1 unspecified atom stereocenters. The van der Waals surface area contributed by atoms with Crippen LogP contribution in [-0.2, 0) is 4.74 Å². The van der Waals surface area contributed by atoms with E-state index < -0.39 is 10.5 Å². The monoisotopic (exact) mass is 434 g/mol. The first-order valence-corrected chi connectivity index (χ1v) is 10.8. The van der Waals surface area contributed by atoms with E-state index >= 15 is 0 Å². The molecule has 2 aliphatic rings. The molecule has 32 heavy (non-hydrogen) atoms. The van der Waals surface area contributed by atoms with Gasteiger partial charge in [0.1, 0.15) is 22.9 Å². The molecule has 8 nitrogen and oxygen atoms in total. The van der Waals surface area contributed by atoms with Gasteiger partial charge >= 0.3 is 11.8 Å². The van der Waals surface area contributed by atoms with Gasteiger partial charge in [0.2, 0.25) is 0 Å². The molecule has 1 heterocycles. The van der Waals surface area contributed by atoms with Gasteiger partial charge < -0.3 is 10.1 Å². The second-order valence-corrected chi connectivity index (χ2v) is 8.91. The topological polar surface area (TPSA) is 108 Å². The first-order chi connectivity index (χ1) is 15.3. The van der Waals surface area contributed by atoms with Gasteiger partial charge in [0.25, 0.3) is 0 Å². The Morgan fingerprint density at radius 3 is 2.44 bits per heavy atom. The van der Waals surface area contributed by atoms with Gasteiger partial charge in [-0.15, -0.1) is 0 Å². The Kier molecular flexibility index (Phi) is 5.74. The van der Waals surface area contributed by atoms with Crippen LogP contribution in [0.15, 0.2) is 48.5 Å². The highest BCUT2D eigenvalue weighted by molar-refractivity contribution is 5.72. The van der Waals surface area contributed by atoms with E-state index in [2.05, 4.69) is 5.32 Å². The quantitative estimate of drug-likeness (QED) is 0.514. The van der Waals surface area contributed by atoms with Crippen molar-refractivity contribution in [3.8, 4) is 6.07 Å². The molecule has 1 N–H and O–H groups in total. The van der Waals surface area contributed by atoms with Gasteiger partial charge in [0, 0.05) is 12.1 Å². The summed E-state index contributed by atoms with van der Waals surface area (Å²) in [6, 6.07) is 16.5. The number of nitro groups is 1. The fraction of sp³-hybridized carbons (Fsp3) is 0.417. The van der Waals surface area contributed by atoms with Crippen LogP contribution >= 0.6 is 0 Å². The van der Waals surface area contributed by atoms with Crippen molar-refractivity contribution in [3.63, 3.8) is 0 Å². The van der Waals surface area contributed by atoms with Crippen molar-refractivity contribution in [2.24, 2.45) is 0 Å². The number of hydrogen-bond acceptors (Lipinski definition) is 6. The largest absolute Gasteiger partial charge is 0.441 e. The Morgan fingerprint density at radius 2 is 1.81 bits per heavy atom. The number of hydrogen-bond donors (Lipinski definition) is 1. The van der Waals surface area contributed by atoms with Crippen molar-refractivity contribution in [2.45, 2.75) is 63.3 Å². The molecule has 1 aliphatic carbocycles. The third kappa shape index (κ3) is 3.98. The van der Waals surface area contributed by atoms with Crippen molar-refractivity contribution in [1.29, 1.82) is 5.26 Å². The molecular formula is C24H26N4O4. The van der Waals surface area contributed by atoms with E-state index in [0.717, 1.165) is 31.2 Å². The molecule has 0 spiro atoms. The molecule has 0 bridgehead atoms. The van der Waals surface area contributed by atoms with E-state index in [1.165, 1.54) is 6.07 Å². The fourth-order valence-corrected chi connectivity index (χ4v) is 5.00. The number of nitriles is 1. The molecule has 1 saturated heterocycles. The maximum atomic E-state index is 12.8. The Morgan fingerprint density at radius 1 is 1.12 bits per heavy atom. The minimum Gasteiger partial charge on any atom is -0.441 e. The van der Waals surface area contributed by atoms with Crippen LogP contribution in [0.1, 0.15) is 56.7 Å². The summed E-state index contributed by atoms with van der Waals surface area (Å²) in [6.07, 6.45) is 2.74. The summed E-state index contributed by atoms with van der Waals surface area (Å²) in [5.41, 5.74) is 0.632. The number of nitro benzene ring substituents is 1. The highest BCUT2D eigenvalue weighted by Crippen LogP contribution is 2.44. The third-order valence-electron chi connectivity index (χ3n) is 6.40. The first kappa shape index (κ1) is 21.6. The number of anilines is 1. The molecule has 2 aromatic carbocycles. The number of nitrogens with zero attached hydrogens (tertiary/aromatic N) is 3. The average Bonchev–Trinajstić information content (AvgIpc) is 3.02. The molecule has 1 atom stereocenters. The summed E-state index contributed by atoms with van der Waals surface area (Å²) in [6.45, 7) is 3.88. The lowest BCUT2D eigenvalue weighted by atomic mass is 9.86. The van der Waals surface area contributed by atoms with Crippen molar-refractivity contribution in [2.75, 3.05) is 5.32 Å². The predicted octanol–water partition coefficient (Wildman–Crippen LogP) is 5.16. The van der Waals surface area contributed by atoms with Crippen molar-refractivity contribution in [3.05, 3.63) is 69.8 Å². The average molecular weight is 434 g/mol. The van der Waals surface area contributed by atoms with Crippen molar-refractivity contribution >= 4 is 17.5 Å². The van der Waals surface area contributed by atoms with Gasteiger partial charge in [-0.3, -0.25) is 15.0 Å². The van der Waals surface area contributed by atoms with Crippen LogP contribution in [0, 0.1) is 21.4 Å². The Labute approximate surface area is 186 Å². The Bertz CT molecular complexity index is 1060. The van der Waals surface area contributed by atoms with Gasteiger partial charge in [-0.1, -0.05) is 36.4 Å². The number of cyclic esters (lactones) is 1. The van der Waals surface area contributed by atoms with Gasteiger partial charge in [-0.05, 0) is 57.2 Å². The Balaban J connectivity index is 1.49. The maximum Gasteiger partial charge on any atom is 0.411 e. The highest BCUT2D eigenvalue weighted by atomic mass is 16.6. The first-order valence-electron chi connectivity index (χ1n) is 10.8. The molecule has 1 saturated carbocycles. The molecule has 0 radical (unpaired) electrons. The van der Waals surface area contributed by atoms with Gasteiger partial charge in [0.05, 0.1) is 11.0 Å². The maximum absolute atomic E-state index is 12.8. The molecule has 0 aromatic heterocycles. The van der Waals surface area contributed by atoms with Crippen molar-refractivity contribution in [1.82, 2.24) is 4.90 Å². The lowest BCUT2D eigenvalue weighted by Gasteiger charge is -2.38. The fourth-order valence-electron chi connectivity index (χ4n) is 5.00. The summed E-state index contributed by atoms with van der Waals surface area (Å²) >= 11 is 0. The number of rotatable bonds is 5. The van der Waals surface area contributed by atoms with E-state index in [9.17, 15) is 20.2 Å². The zero-order valence-corrected chi connectivity index (χ0v) is 18.2. The molecule has 2 fully saturated rings. The van der Waals surface area contributed by atoms with Crippen LogP contribution in [0.2, 0.25) is 0 Å². The summed E-state index contributed by atoms with van der Waals surface area (Å²) in [5, 5.41) is 24.0. The van der Waals surface area contributed by atoms with E-state index in [4.69, 9.17) is 4.74 Å². The SMILES string of the molecule is CC1(C)OC(=O)N([C@H]2CC[C@H](Nc3cccc(C#N)c3[N+](=O)[O-])CC2)C1c1ccccc1. The van der Waals surface area contributed by atoms with E-state index in [-0.39, 0.29) is 35.5 Å². The molecule has 1 aliphatic heterocycles. The standard InChI is InChI=1S/C24H26N4O4/c1-24(2)22(16-7-4-3-5-8-16)27(23(29)32-24)19-13-11-18(12-14-19)26-20-10-6-9-17(15-25)21(20)28(30)31/h3-10,18-19,22,26H,11-14H2,1-2H3/t18-,19-,22?. The molecular weight excluding hydrogens is 408 g/mol. The third-order valence-corrected chi connectivity index (χ3v) is 6.40. The van der Waals surface area contributed by atoms with Crippen LogP contribution in [0.4, 0.5) is 16.2 Å². The van der Waals surface area contributed by atoms with E-state index in [1.807, 2.05) is 55.1 Å². The normalized spacial score (nSPS) is 24.5. The van der Waals surface area contributed by atoms with Gasteiger partial charge in [0.15, 0.2) is 0 Å². The van der Waals surface area contributed by atoms with Crippen molar-refractivity contribution < 1.29 is 14.5 Å². The zero-order valence-electron chi connectivity index (χ0n) is 18.2. The number of benzene rings is 2. The molecule has 166 valence electrons. The Hall–Kier alpha value is -3.60. The highest BCUT2D eigenvalue weighted by Gasteiger charge is 2.51. The predicted molar refractivity (Wildman–Crippen MR) is 119 cm³/mol. The summed E-state index contributed by atoms with van der Waals surface area (Å²) in [4.78, 5) is 25.7. The van der Waals surface area contributed by atoms with Gasteiger partial charge in [-0.2, -0.15) is 5.26 Å². The lowest BCUT2D eigenvalue weighted by molar-refractivity contribution is -0.384. The number of para-hydroxylation sites is 1. The second kappa shape index (κ2) is 8.50. The minimum absolute atomic E-state index is 0.0284. The molecule has 2 aromatic rings.